The maximum atomic E-state index is 12.2. The van der Waals surface area contributed by atoms with Gasteiger partial charge in [0.1, 0.15) is 5.75 Å². The molecule has 10 heteroatoms. The molecule has 2 amide bonds. The molecule has 2 N–H and O–H groups in total. The van der Waals surface area contributed by atoms with E-state index in [0.29, 0.717) is 11.4 Å². The highest BCUT2D eigenvalue weighted by Gasteiger charge is 2.38. The Hall–Kier alpha value is -3.56. The molecule has 0 aromatic heterocycles. The summed E-state index contributed by atoms with van der Waals surface area (Å²) in [5, 5.41) is 4.16. The number of amides is 2. The molecule has 0 fully saturated rings. The molecule has 2 aromatic carbocycles. The van der Waals surface area contributed by atoms with E-state index in [1.165, 1.54) is 7.11 Å². The van der Waals surface area contributed by atoms with Crippen molar-refractivity contribution in [3.8, 4) is 5.75 Å². The van der Waals surface area contributed by atoms with Gasteiger partial charge in [0.15, 0.2) is 6.61 Å². The summed E-state index contributed by atoms with van der Waals surface area (Å²) in [6.45, 7) is -0.567. The normalized spacial score (nSPS) is 10.7. The highest BCUT2D eigenvalue weighted by atomic mass is 19.4. The molecule has 0 aliphatic rings. The number of carbonyl (C=O) groups is 3. The molecule has 0 saturated carbocycles. The Labute approximate surface area is 157 Å². The molecule has 2 rings (SSSR count). The lowest BCUT2D eigenvalue weighted by Crippen LogP contribution is -2.29. The number of rotatable bonds is 6. The Bertz CT molecular complexity index is 866. The van der Waals surface area contributed by atoms with Gasteiger partial charge in [-0.15, -0.1) is 0 Å². The SMILES string of the molecule is COc1cccc(NC(=O)COC(=O)c2ccc(NC(=O)C(F)(F)F)cc2)c1. The van der Waals surface area contributed by atoms with Gasteiger partial charge in [0.2, 0.25) is 0 Å². The zero-order valence-corrected chi connectivity index (χ0v) is 14.5. The molecule has 28 heavy (non-hydrogen) atoms. The van der Waals surface area contributed by atoms with Crippen LogP contribution in [0.15, 0.2) is 48.5 Å². The van der Waals surface area contributed by atoms with Crippen LogP contribution in [0.25, 0.3) is 0 Å². The molecule has 0 spiro atoms. The molecule has 0 radical (unpaired) electrons. The first-order chi connectivity index (χ1) is 13.2. The van der Waals surface area contributed by atoms with E-state index in [2.05, 4.69) is 5.32 Å². The minimum absolute atomic E-state index is 0.000752. The van der Waals surface area contributed by atoms with E-state index in [4.69, 9.17) is 9.47 Å². The van der Waals surface area contributed by atoms with Gasteiger partial charge in [0.05, 0.1) is 12.7 Å². The summed E-state index contributed by atoms with van der Waals surface area (Å²) in [7, 11) is 1.47. The fourth-order valence-corrected chi connectivity index (χ4v) is 2.00. The van der Waals surface area contributed by atoms with Crippen LogP contribution in [0.3, 0.4) is 0 Å². The van der Waals surface area contributed by atoms with Gasteiger partial charge in [0.25, 0.3) is 5.91 Å². The Balaban J connectivity index is 1.87. The smallest absolute Gasteiger partial charge is 0.471 e. The summed E-state index contributed by atoms with van der Waals surface area (Å²) in [6.07, 6.45) is -5.02. The molecule has 0 unspecified atom stereocenters. The molecule has 0 saturated heterocycles. The number of esters is 1. The average molecular weight is 396 g/mol. The van der Waals surface area contributed by atoms with Crippen LogP contribution in [-0.4, -0.2) is 37.7 Å². The minimum Gasteiger partial charge on any atom is -0.497 e. The van der Waals surface area contributed by atoms with Crippen molar-refractivity contribution in [1.82, 2.24) is 0 Å². The van der Waals surface area contributed by atoms with Gasteiger partial charge in [-0.2, -0.15) is 13.2 Å². The van der Waals surface area contributed by atoms with Crippen LogP contribution in [0.2, 0.25) is 0 Å². The van der Waals surface area contributed by atoms with E-state index in [1.54, 1.807) is 29.6 Å². The third-order valence-electron chi connectivity index (χ3n) is 3.32. The van der Waals surface area contributed by atoms with Gasteiger partial charge in [-0.1, -0.05) is 6.07 Å². The van der Waals surface area contributed by atoms with Crippen LogP contribution in [0.4, 0.5) is 24.5 Å². The van der Waals surface area contributed by atoms with Crippen LogP contribution in [0.1, 0.15) is 10.4 Å². The number of alkyl halides is 3. The highest BCUT2D eigenvalue weighted by Crippen LogP contribution is 2.19. The molecule has 0 bridgehead atoms. The van der Waals surface area contributed by atoms with Crippen molar-refractivity contribution in [1.29, 1.82) is 0 Å². The summed E-state index contributed by atoms with van der Waals surface area (Å²) in [4.78, 5) is 34.6. The van der Waals surface area contributed by atoms with E-state index in [0.717, 1.165) is 24.3 Å². The average Bonchev–Trinajstić information content (AvgIpc) is 2.66. The summed E-state index contributed by atoms with van der Waals surface area (Å²) in [5.41, 5.74) is 0.305. The van der Waals surface area contributed by atoms with Crippen molar-refractivity contribution in [3.05, 3.63) is 54.1 Å². The van der Waals surface area contributed by atoms with Crippen molar-refractivity contribution >= 4 is 29.2 Å². The Morgan fingerprint density at radius 3 is 2.25 bits per heavy atom. The number of anilines is 2. The van der Waals surface area contributed by atoms with Crippen molar-refractivity contribution in [2.75, 3.05) is 24.4 Å². The molecular formula is C18H15F3N2O5. The van der Waals surface area contributed by atoms with E-state index >= 15 is 0 Å². The molecule has 148 valence electrons. The second kappa shape index (κ2) is 8.89. The first kappa shape index (κ1) is 20.7. The molecule has 2 aromatic rings. The first-order valence-corrected chi connectivity index (χ1v) is 7.78. The third-order valence-corrected chi connectivity index (χ3v) is 3.32. The lowest BCUT2D eigenvalue weighted by molar-refractivity contribution is -0.167. The van der Waals surface area contributed by atoms with Crippen LogP contribution < -0.4 is 15.4 Å². The Morgan fingerprint density at radius 1 is 0.964 bits per heavy atom. The highest BCUT2D eigenvalue weighted by molar-refractivity contribution is 5.97. The maximum absolute atomic E-state index is 12.2. The zero-order chi connectivity index (χ0) is 20.7. The van der Waals surface area contributed by atoms with E-state index in [-0.39, 0.29) is 11.3 Å². The first-order valence-electron chi connectivity index (χ1n) is 7.78. The number of benzene rings is 2. The number of ether oxygens (including phenoxy) is 2. The van der Waals surface area contributed by atoms with Gasteiger partial charge < -0.3 is 20.1 Å². The number of halogens is 3. The maximum Gasteiger partial charge on any atom is 0.471 e. The van der Waals surface area contributed by atoms with Crippen molar-refractivity contribution in [3.63, 3.8) is 0 Å². The minimum atomic E-state index is -5.02. The van der Waals surface area contributed by atoms with E-state index in [1.807, 2.05) is 0 Å². The largest absolute Gasteiger partial charge is 0.497 e. The van der Waals surface area contributed by atoms with Gasteiger partial charge in [-0.25, -0.2) is 4.79 Å². The summed E-state index contributed by atoms with van der Waals surface area (Å²) in [6, 6.07) is 11.1. The van der Waals surface area contributed by atoms with Gasteiger partial charge in [0, 0.05) is 17.4 Å². The lowest BCUT2D eigenvalue weighted by atomic mass is 10.2. The zero-order valence-electron chi connectivity index (χ0n) is 14.5. The lowest BCUT2D eigenvalue weighted by Gasteiger charge is -2.09. The van der Waals surface area contributed by atoms with Crippen molar-refractivity contribution in [2.45, 2.75) is 6.18 Å². The van der Waals surface area contributed by atoms with Crippen molar-refractivity contribution < 1.29 is 37.0 Å². The molecular weight excluding hydrogens is 381 g/mol. The van der Waals surface area contributed by atoms with E-state index in [9.17, 15) is 27.6 Å². The van der Waals surface area contributed by atoms with Crippen LogP contribution in [-0.2, 0) is 14.3 Å². The number of hydrogen-bond donors (Lipinski definition) is 2. The third kappa shape index (κ3) is 6.01. The van der Waals surface area contributed by atoms with Gasteiger partial charge in [-0.05, 0) is 36.4 Å². The Kier molecular flexibility index (Phi) is 6.59. The molecule has 0 aliphatic heterocycles. The number of carbonyl (C=O) groups excluding carboxylic acids is 3. The summed E-state index contributed by atoms with van der Waals surface area (Å²) in [5.74, 6) is -3.03. The molecule has 0 atom stereocenters. The van der Waals surface area contributed by atoms with Crippen molar-refractivity contribution in [2.24, 2.45) is 0 Å². The second-order valence-corrected chi connectivity index (χ2v) is 5.39. The molecule has 0 heterocycles. The summed E-state index contributed by atoms with van der Waals surface area (Å²) >= 11 is 0. The second-order valence-electron chi connectivity index (χ2n) is 5.39. The van der Waals surface area contributed by atoms with Crippen LogP contribution >= 0.6 is 0 Å². The topological polar surface area (TPSA) is 93.7 Å². The fourth-order valence-electron chi connectivity index (χ4n) is 2.00. The van der Waals surface area contributed by atoms with Crippen LogP contribution in [0.5, 0.6) is 5.75 Å². The quantitative estimate of drug-likeness (QED) is 0.733. The predicted molar refractivity (Wildman–Crippen MR) is 93.0 cm³/mol. The Morgan fingerprint density at radius 2 is 1.64 bits per heavy atom. The van der Waals surface area contributed by atoms with Gasteiger partial charge >= 0.3 is 18.1 Å². The molecule has 7 nitrogen and oxygen atoms in total. The standard InChI is InChI=1S/C18H15F3N2O5/c1-27-14-4-2-3-13(9-14)22-15(24)10-28-16(25)11-5-7-12(8-6-11)23-17(26)18(19,20)21/h2-9H,10H2,1H3,(H,22,24)(H,23,26). The van der Waals surface area contributed by atoms with Gasteiger partial charge in [-0.3, -0.25) is 9.59 Å². The predicted octanol–water partition coefficient (Wildman–Crippen LogP) is 2.99. The summed E-state index contributed by atoms with van der Waals surface area (Å²) < 4.78 is 46.4. The number of methoxy groups -OCH3 is 1. The molecule has 0 aliphatic carbocycles. The fraction of sp³-hybridized carbons (Fsp3) is 0.167. The van der Waals surface area contributed by atoms with Crippen LogP contribution in [0, 0.1) is 0 Å². The monoisotopic (exact) mass is 396 g/mol. The van der Waals surface area contributed by atoms with E-state index < -0.39 is 30.6 Å². The number of hydrogen-bond acceptors (Lipinski definition) is 5. The number of nitrogens with one attached hydrogen (secondary N) is 2.